The molecule has 0 heterocycles. The van der Waals surface area contributed by atoms with E-state index in [0.29, 0.717) is 18.0 Å². The van der Waals surface area contributed by atoms with Crippen molar-refractivity contribution in [2.24, 2.45) is 11.3 Å². The van der Waals surface area contributed by atoms with E-state index in [9.17, 15) is 13.5 Å². The molecule has 2 rings (SSSR count). The minimum atomic E-state index is -3.72. The Balaban J connectivity index is 2.24. The summed E-state index contributed by atoms with van der Waals surface area (Å²) in [5.41, 5.74) is 0.401. The van der Waals surface area contributed by atoms with Crippen LogP contribution in [0.1, 0.15) is 32.3 Å². The topological polar surface area (TPSA) is 66.4 Å². The minimum Gasteiger partial charge on any atom is -0.392 e. The number of hydrogen-bond acceptors (Lipinski definition) is 3. The second kappa shape index (κ2) is 6.05. The fourth-order valence-corrected chi connectivity index (χ4v) is 4.33. The van der Waals surface area contributed by atoms with Crippen molar-refractivity contribution in [2.45, 2.75) is 38.2 Å². The fourth-order valence-electron chi connectivity index (χ4n) is 2.33. The molecule has 0 aromatic heterocycles. The zero-order valence-electron chi connectivity index (χ0n) is 12.0. The SMILES string of the molecule is CC(C)C1(CNS(=O)(=O)c2cc(CO)c(Cl)cc2Cl)CC1. The zero-order valence-corrected chi connectivity index (χ0v) is 14.3. The molecule has 0 aliphatic heterocycles. The molecule has 21 heavy (non-hydrogen) atoms. The van der Waals surface area contributed by atoms with Crippen molar-refractivity contribution in [3.05, 3.63) is 27.7 Å². The van der Waals surface area contributed by atoms with Crippen LogP contribution in [0.3, 0.4) is 0 Å². The Hall–Kier alpha value is -0.330. The predicted octanol–water partition coefficient (Wildman–Crippen LogP) is 3.20. The van der Waals surface area contributed by atoms with E-state index in [2.05, 4.69) is 18.6 Å². The Morgan fingerprint density at radius 1 is 1.29 bits per heavy atom. The molecular weight excluding hydrogens is 333 g/mol. The summed E-state index contributed by atoms with van der Waals surface area (Å²) >= 11 is 11.9. The maximum absolute atomic E-state index is 12.4. The Morgan fingerprint density at radius 3 is 2.38 bits per heavy atom. The first-order chi connectivity index (χ1) is 9.72. The number of sulfonamides is 1. The first-order valence-electron chi connectivity index (χ1n) is 6.80. The van der Waals surface area contributed by atoms with Crippen molar-refractivity contribution < 1.29 is 13.5 Å². The number of aliphatic hydroxyl groups excluding tert-OH is 1. The minimum absolute atomic E-state index is 0.0443. The lowest BCUT2D eigenvalue weighted by Crippen LogP contribution is -2.32. The van der Waals surface area contributed by atoms with E-state index in [1.54, 1.807) is 0 Å². The highest BCUT2D eigenvalue weighted by Gasteiger charge is 2.45. The molecule has 7 heteroatoms. The lowest BCUT2D eigenvalue weighted by molar-refractivity contribution is 0.281. The zero-order chi connectivity index (χ0) is 15.8. The van der Waals surface area contributed by atoms with Crippen LogP contribution in [0.5, 0.6) is 0 Å². The van der Waals surface area contributed by atoms with Crippen LogP contribution in [0.25, 0.3) is 0 Å². The van der Waals surface area contributed by atoms with Gasteiger partial charge in [-0.3, -0.25) is 0 Å². The second-order valence-corrected chi connectivity index (χ2v) is 8.42. The van der Waals surface area contributed by atoms with Gasteiger partial charge in [-0.1, -0.05) is 37.0 Å². The largest absolute Gasteiger partial charge is 0.392 e. The smallest absolute Gasteiger partial charge is 0.242 e. The Bertz CT molecular complexity index is 640. The number of hydrogen-bond donors (Lipinski definition) is 2. The predicted molar refractivity (Wildman–Crippen MR) is 84.1 cm³/mol. The molecule has 0 saturated heterocycles. The second-order valence-electron chi connectivity index (χ2n) is 5.87. The van der Waals surface area contributed by atoms with Gasteiger partial charge in [0.25, 0.3) is 0 Å². The van der Waals surface area contributed by atoms with Crippen molar-refractivity contribution in [3.63, 3.8) is 0 Å². The standard InChI is InChI=1S/C14H19Cl2NO3S/c1-9(2)14(3-4-14)8-17-21(19,20)13-5-10(7-18)11(15)6-12(13)16/h5-6,9,17-18H,3-4,7-8H2,1-2H3. The van der Waals surface area contributed by atoms with Crippen LogP contribution in [-0.4, -0.2) is 20.1 Å². The highest BCUT2D eigenvalue weighted by molar-refractivity contribution is 7.89. The normalized spacial score (nSPS) is 17.2. The van der Waals surface area contributed by atoms with E-state index < -0.39 is 10.0 Å². The van der Waals surface area contributed by atoms with Crippen LogP contribution in [0.2, 0.25) is 10.0 Å². The van der Waals surface area contributed by atoms with Gasteiger partial charge in [0.05, 0.1) is 11.6 Å². The van der Waals surface area contributed by atoms with Crippen LogP contribution >= 0.6 is 23.2 Å². The van der Waals surface area contributed by atoms with Crippen molar-refractivity contribution >= 4 is 33.2 Å². The van der Waals surface area contributed by atoms with E-state index in [4.69, 9.17) is 23.2 Å². The monoisotopic (exact) mass is 351 g/mol. The molecule has 0 amide bonds. The molecule has 1 aliphatic carbocycles. The van der Waals surface area contributed by atoms with Gasteiger partial charge in [-0.2, -0.15) is 0 Å². The van der Waals surface area contributed by atoms with Crippen molar-refractivity contribution in [2.75, 3.05) is 6.54 Å². The number of benzene rings is 1. The van der Waals surface area contributed by atoms with Gasteiger partial charge < -0.3 is 5.11 Å². The molecule has 0 atom stereocenters. The third kappa shape index (κ3) is 3.54. The maximum atomic E-state index is 12.4. The summed E-state index contributed by atoms with van der Waals surface area (Å²) < 4.78 is 27.5. The van der Waals surface area contributed by atoms with Gasteiger partial charge in [-0.15, -0.1) is 0 Å². The molecule has 0 spiro atoms. The van der Waals surface area contributed by atoms with E-state index in [0.717, 1.165) is 12.8 Å². The fraction of sp³-hybridized carbons (Fsp3) is 0.571. The Morgan fingerprint density at radius 2 is 1.90 bits per heavy atom. The molecule has 2 N–H and O–H groups in total. The quantitative estimate of drug-likeness (QED) is 0.826. The van der Waals surface area contributed by atoms with Gasteiger partial charge in [0.1, 0.15) is 4.90 Å². The molecular formula is C14H19Cl2NO3S. The summed E-state index contributed by atoms with van der Waals surface area (Å²) in [6.07, 6.45) is 2.06. The molecule has 1 aliphatic rings. The van der Waals surface area contributed by atoms with Crippen LogP contribution in [0, 0.1) is 11.3 Å². The highest BCUT2D eigenvalue weighted by Crippen LogP contribution is 2.51. The maximum Gasteiger partial charge on any atom is 0.242 e. The van der Waals surface area contributed by atoms with Crippen LogP contribution in [0.4, 0.5) is 0 Å². The highest BCUT2D eigenvalue weighted by atomic mass is 35.5. The molecule has 4 nitrogen and oxygen atoms in total. The van der Waals surface area contributed by atoms with Crippen LogP contribution in [-0.2, 0) is 16.6 Å². The van der Waals surface area contributed by atoms with E-state index >= 15 is 0 Å². The number of rotatable bonds is 6. The summed E-state index contributed by atoms with van der Waals surface area (Å²) in [4.78, 5) is -0.0443. The average molecular weight is 352 g/mol. The molecule has 1 aromatic carbocycles. The van der Waals surface area contributed by atoms with E-state index in [1.807, 2.05) is 0 Å². The molecule has 118 valence electrons. The average Bonchev–Trinajstić information content (AvgIpc) is 3.17. The van der Waals surface area contributed by atoms with Gasteiger partial charge in [-0.25, -0.2) is 13.1 Å². The molecule has 0 bridgehead atoms. The van der Waals surface area contributed by atoms with Gasteiger partial charge >= 0.3 is 0 Å². The van der Waals surface area contributed by atoms with Crippen molar-refractivity contribution in [1.29, 1.82) is 0 Å². The molecule has 1 aromatic rings. The number of nitrogens with one attached hydrogen (secondary N) is 1. The number of halogens is 2. The summed E-state index contributed by atoms with van der Waals surface area (Å²) in [5, 5.41) is 9.51. The summed E-state index contributed by atoms with van der Waals surface area (Å²) in [6, 6.07) is 2.67. The summed E-state index contributed by atoms with van der Waals surface area (Å²) in [5.74, 6) is 0.425. The van der Waals surface area contributed by atoms with Crippen LogP contribution < -0.4 is 4.72 Å². The Kier molecular flexibility index (Phi) is 4.90. The van der Waals surface area contributed by atoms with E-state index in [1.165, 1.54) is 12.1 Å². The summed E-state index contributed by atoms with van der Waals surface area (Å²) in [6.45, 7) is 4.26. The lowest BCUT2D eigenvalue weighted by Gasteiger charge is -2.20. The first kappa shape index (κ1) is 17.0. The van der Waals surface area contributed by atoms with E-state index in [-0.39, 0.29) is 27.0 Å². The van der Waals surface area contributed by atoms with Gasteiger partial charge in [0.2, 0.25) is 10.0 Å². The van der Waals surface area contributed by atoms with Gasteiger partial charge in [0.15, 0.2) is 0 Å². The first-order valence-corrected chi connectivity index (χ1v) is 9.04. The molecule has 0 unspecified atom stereocenters. The molecule has 1 fully saturated rings. The van der Waals surface area contributed by atoms with Gasteiger partial charge in [0, 0.05) is 11.6 Å². The molecule has 1 saturated carbocycles. The van der Waals surface area contributed by atoms with Crippen molar-refractivity contribution in [1.82, 2.24) is 4.72 Å². The molecule has 0 radical (unpaired) electrons. The lowest BCUT2D eigenvalue weighted by atomic mass is 9.93. The summed E-state index contributed by atoms with van der Waals surface area (Å²) in [7, 11) is -3.72. The number of aliphatic hydroxyl groups is 1. The van der Waals surface area contributed by atoms with Crippen LogP contribution in [0.15, 0.2) is 17.0 Å². The van der Waals surface area contributed by atoms with Crippen molar-refractivity contribution in [3.8, 4) is 0 Å². The Labute approximate surface area is 135 Å². The third-order valence-corrected chi connectivity index (χ3v) is 6.51. The third-order valence-electron chi connectivity index (χ3n) is 4.29. The van der Waals surface area contributed by atoms with Gasteiger partial charge in [-0.05, 0) is 41.9 Å².